The molecule has 0 saturated heterocycles. The summed E-state index contributed by atoms with van der Waals surface area (Å²) in [6, 6.07) is 16.0. The van der Waals surface area contributed by atoms with E-state index >= 15 is 0 Å². The van der Waals surface area contributed by atoms with Crippen LogP contribution in [0.15, 0.2) is 48.5 Å². The first kappa shape index (κ1) is 19.0. The molecule has 1 aromatic heterocycles. The third-order valence-electron chi connectivity index (χ3n) is 5.38. The van der Waals surface area contributed by atoms with E-state index in [1.165, 1.54) is 16.9 Å². The molecule has 0 atom stereocenters. The van der Waals surface area contributed by atoms with Gasteiger partial charge in [-0.1, -0.05) is 54.1 Å². The number of aryl methyl sites for hydroxylation is 1. The van der Waals surface area contributed by atoms with Gasteiger partial charge < -0.3 is 10.2 Å². The minimum Gasteiger partial charge on any atom is -0.392 e. The summed E-state index contributed by atoms with van der Waals surface area (Å²) < 4.78 is 0. The molecule has 28 heavy (non-hydrogen) atoms. The Balaban J connectivity index is 1.81. The number of thiazole rings is 1. The molecule has 1 heterocycles. The molecule has 1 aliphatic rings. The second-order valence-electron chi connectivity index (χ2n) is 7.49. The summed E-state index contributed by atoms with van der Waals surface area (Å²) in [5.41, 5.74) is 3.84. The van der Waals surface area contributed by atoms with Crippen molar-refractivity contribution < 1.29 is 15.0 Å². The average molecular weight is 394 g/mol. The molecule has 0 unspecified atom stereocenters. The van der Waals surface area contributed by atoms with Crippen LogP contribution in [0.4, 0.5) is 0 Å². The zero-order valence-corrected chi connectivity index (χ0v) is 16.6. The Morgan fingerprint density at radius 1 is 1.00 bits per heavy atom. The number of rotatable bonds is 4. The molecule has 2 aromatic carbocycles. The molecule has 0 amide bonds. The molecule has 5 heteroatoms. The van der Waals surface area contributed by atoms with Gasteiger partial charge in [-0.05, 0) is 30.9 Å². The Bertz CT molecular complexity index is 980. The van der Waals surface area contributed by atoms with Crippen LogP contribution >= 0.6 is 11.3 Å². The topological polar surface area (TPSA) is 70.4 Å². The second kappa shape index (κ2) is 7.59. The summed E-state index contributed by atoms with van der Waals surface area (Å²) in [7, 11) is 0. The van der Waals surface area contributed by atoms with Crippen molar-refractivity contribution in [2.24, 2.45) is 0 Å². The average Bonchev–Trinajstić information content (AvgIpc) is 3.17. The number of benzene rings is 2. The molecule has 1 saturated carbocycles. The molecule has 1 fully saturated rings. The van der Waals surface area contributed by atoms with Gasteiger partial charge in [-0.2, -0.15) is 0 Å². The normalized spacial score (nSPS) is 16.3. The summed E-state index contributed by atoms with van der Waals surface area (Å²) in [5, 5.41) is 21.2. The first-order chi connectivity index (χ1) is 13.5. The van der Waals surface area contributed by atoms with Crippen molar-refractivity contribution in [2.75, 3.05) is 0 Å². The van der Waals surface area contributed by atoms with Gasteiger partial charge in [0.1, 0.15) is 16.4 Å². The van der Waals surface area contributed by atoms with E-state index in [0.717, 1.165) is 27.3 Å². The molecule has 4 nitrogen and oxygen atoms in total. The van der Waals surface area contributed by atoms with Gasteiger partial charge >= 0.3 is 0 Å². The van der Waals surface area contributed by atoms with Gasteiger partial charge in [0.15, 0.2) is 0 Å². The van der Waals surface area contributed by atoms with Gasteiger partial charge in [-0.15, -0.1) is 11.3 Å². The monoisotopic (exact) mass is 393 g/mol. The number of aromatic nitrogens is 1. The maximum Gasteiger partial charge on any atom is 0.133 e. The quantitative estimate of drug-likeness (QED) is 0.679. The fourth-order valence-corrected chi connectivity index (χ4v) is 4.78. The Morgan fingerprint density at radius 3 is 2.21 bits per heavy atom. The number of hydrogen-bond acceptors (Lipinski definition) is 5. The zero-order chi connectivity index (χ0) is 19.7. The summed E-state index contributed by atoms with van der Waals surface area (Å²) in [6.07, 6.45) is 1.65. The number of aliphatic hydroxyl groups excluding tert-OH is 1. The van der Waals surface area contributed by atoms with Gasteiger partial charge in [0.25, 0.3) is 0 Å². The Kier molecular flexibility index (Phi) is 5.15. The standard InChI is InChI=1S/C23H23NO3S/c1-15-2-6-18(7-3-15)21-20(17-8-4-16(14-25)5-9-17)24-22(28-21)23(27)12-10-19(26)11-13-23/h2-9,25,27H,10-14H2,1H3. The number of carbonyl (C=O) groups is 1. The minimum atomic E-state index is -1.04. The predicted octanol–water partition coefficient (Wildman–Crippen LogP) is 4.61. The summed E-state index contributed by atoms with van der Waals surface area (Å²) in [4.78, 5) is 17.5. The number of ketones is 1. The molecule has 2 N–H and O–H groups in total. The largest absolute Gasteiger partial charge is 0.392 e. The lowest BCUT2D eigenvalue weighted by Gasteiger charge is -2.29. The number of hydrogen-bond donors (Lipinski definition) is 2. The van der Waals surface area contributed by atoms with Gasteiger partial charge in [-0.3, -0.25) is 4.79 Å². The van der Waals surface area contributed by atoms with Crippen LogP contribution in [0.1, 0.15) is 41.8 Å². The highest BCUT2D eigenvalue weighted by molar-refractivity contribution is 7.15. The molecular weight excluding hydrogens is 370 g/mol. The van der Waals surface area contributed by atoms with Crippen molar-refractivity contribution in [3.05, 3.63) is 64.7 Å². The molecule has 1 aliphatic carbocycles. The molecule has 0 bridgehead atoms. The maximum absolute atomic E-state index is 11.6. The lowest BCUT2D eigenvalue weighted by molar-refractivity contribution is -0.125. The Labute approximate surface area is 168 Å². The number of Topliss-reactive ketones (excluding diaryl/α,β-unsaturated/α-hetero) is 1. The van der Waals surface area contributed by atoms with E-state index in [2.05, 4.69) is 31.2 Å². The third kappa shape index (κ3) is 3.65. The predicted molar refractivity (Wildman–Crippen MR) is 111 cm³/mol. The highest BCUT2D eigenvalue weighted by atomic mass is 32.1. The number of aliphatic hydroxyl groups is 2. The second-order valence-corrected chi connectivity index (χ2v) is 8.49. The maximum atomic E-state index is 11.6. The van der Waals surface area contributed by atoms with Crippen molar-refractivity contribution >= 4 is 17.1 Å². The van der Waals surface area contributed by atoms with Crippen LogP contribution < -0.4 is 0 Å². The summed E-state index contributed by atoms with van der Waals surface area (Å²) in [5.74, 6) is 0.208. The molecule has 4 rings (SSSR count). The van der Waals surface area contributed by atoms with Gasteiger partial charge in [0.05, 0.1) is 17.2 Å². The Hall–Kier alpha value is -2.34. The SMILES string of the molecule is Cc1ccc(-c2sc(C3(O)CCC(=O)CC3)nc2-c2ccc(CO)cc2)cc1. The van der Waals surface area contributed by atoms with Crippen LogP contribution in [0.3, 0.4) is 0 Å². The van der Waals surface area contributed by atoms with Gasteiger partial charge in [-0.25, -0.2) is 4.98 Å². The lowest BCUT2D eigenvalue weighted by Crippen LogP contribution is -2.31. The van der Waals surface area contributed by atoms with Crippen molar-refractivity contribution in [1.82, 2.24) is 4.98 Å². The fourth-order valence-electron chi connectivity index (χ4n) is 3.54. The van der Waals surface area contributed by atoms with E-state index in [1.807, 2.05) is 24.3 Å². The van der Waals surface area contributed by atoms with Crippen LogP contribution in [0.2, 0.25) is 0 Å². The summed E-state index contributed by atoms with van der Waals surface area (Å²) in [6.45, 7) is 2.05. The fraction of sp³-hybridized carbons (Fsp3) is 0.304. The van der Waals surface area contributed by atoms with Crippen molar-refractivity contribution in [2.45, 2.75) is 44.8 Å². The summed E-state index contributed by atoms with van der Waals surface area (Å²) >= 11 is 1.51. The molecule has 3 aromatic rings. The van der Waals surface area contributed by atoms with E-state index in [9.17, 15) is 15.0 Å². The first-order valence-corrected chi connectivity index (χ1v) is 10.3. The molecule has 0 radical (unpaired) electrons. The van der Waals surface area contributed by atoms with E-state index in [0.29, 0.717) is 30.7 Å². The van der Waals surface area contributed by atoms with Crippen LogP contribution in [-0.2, 0) is 17.0 Å². The van der Waals surface area contributed by atoms with Crippen LogP contribution in [0, 0.1) is 6.92 Å². The highest BCUT2D eigenvalue weighted by Gasteiger charge is 2.37. The molecule has 0 aliphatic heterocycles. The molecule has 0 spiro atoms. The van der Waals surface area contributed by atoms with E-state index in [4.69, 9.17) is 4.98 Å². The zero-order valence-electron chi connectivity index (χ0n) is 15.8. The molecular formula is C23H23NO3S. The van der Waals surface area contributed by atoms with Crippen LogP contribution in [0.25, 0.3) is 21.7 Å². The van der Waals surface area contributed by atoms with Gasteiger partial charge in [0.2, 0.25) is 0 Å². The van der Waals surface area contributed by atoms with Crippen molar-refractivity contribution in [3.63, 3.8) is 0 Å². The van der Waals surface area contributed by atoms with E-state index in [-0.39, 0.29) is 12.4 Å². The smallest absolute Gasteiger partial charge is 0.133 e. The van der Waals surface area contributed by atoms with E-state index < -0.39 is 5.60 Å². The van der Waals surface area contributed by atoms with Crippen molar-refractivity contribution in [3.8, 4) is 21.7 Å². The van der Waals surface area contributed by atoms with Crippen molar-refractivity contribution in [1.29, 1.82) is 0 Å². The minimum absolute atomic E-state index is 0.00118. The first-order valence-electron chi connectivity index (χ1n) is 9.51. The number of carbonyl (C=O) groups excluding carboxylic acids is 1. The van der Waals surface area contributed by atoms with Crippen LogP contribution in [-0.4, -0.2) is 21.0 Å². The third-order valence-corrected chi connectivity index (χ3v) is 6.68. The van der Waals surface area contributed by atoms with E-state index in [1.54, 1.807) is 0 Å². The highest BCUT2D eigenvalue weighted by Crippen LogP contribution is 2.44. The Morgan fingerprint density at radius 2 is 1.61 bits per heavy atom. The lowest BCUT2D eigenvalue weighted by atomic mass is 9.84. The van der Waals surface area contributed by atoms with Crippen LogP contribution in [0.5, 0.6) is 0 Å². The number of nitrogens with zero attached hydrogens (tertiary/aromatic N) is 1. The molecule has 144 valence electrons. The van der Waals surface area contributed by atoms with Gasteiger partial charge in [0, 0.05) is 18.4 Å².